The number of hydrogen-bond acceptors (Lipinski definition) is 4. The van der Waals surface area contributed by atoms with Gasteiger partial charge in [-0.2, -0.15) is 0 Å². The van der Waals surface area contributed by atoms with E-state index in [0.717, 1.165) is 22.6 Å². The van der Waals surface area contributed by atoms with Crippen molar-refractivity contribution in [1.29, 1.82) is 0 Å². The molecule has 0 atom stereocenters. The first-order chi connectivity index (χ1) is 12.6. The van der Waals surface area contributed by atoms with Crippen LogP contribution < -0.4 is 4.74 Å². The average molecular weight is 347 g/mol. The molecule has 0 saturated carbocycles. The molecule has 0 aliphatic rings. The van der Waals surface area contributed by atoms with Crippen molar-refractivity contribution in [3.63, 3.8) is 0 Å². The van der Waals surface area contributed by atoms with Gasteiger partial charge in [0.25, 0.3) is 5.69 Å². The van der Waals surface area contributed by atoms with E-state index in [9.17, 15) is 10.1 Å². The lowest BCUT2D eigenvalue weighted by atomic mass is 10.2. The number of nitro benzene ring substituents is 1. The van der Waals surface area contributed by atoms with E-state index in [1.165, 1.54) is 12.1 Å². The lowest BCUT2D eigenvalue weighted by Crippen LogP contribution is -1.86. The number of furan rings is 1. The van der Waals surface area contributed by atoms with Gasteiger partial charge in [-0.25, -0.2) is 0 Å². The van der Waals surface area contributed by atoms with Crippen LogP contribution in [0.1, 0.15) is 22.6 Å². The summed E-state index contributed by atoms with van der Waals surface area (Å²) in [6, 6.07) is 17.8. The first-order valence-corrected chi connectivity index (χ1v) is 7.98. The summed E-state index contributed by atoms with van der Waals surface area (Å²) in [5.41, 5.74) is 1.98. The Morgan fingerprint density at radius 3 is 1.77 bits per heavy atom. The number of nitro groups is 1. The third-order valence-electron chi connectivity index (χ3n) is 3.75. The molecule has 3 aromatic rings. The fourth-order valence-electron chi connectivity index (χ4n) is 2.33. The van der Waals surface area contributed by atoms with Crippen LogP contribution in [-0.4, -0.2) is 12.0 Å². The summed E-state index contributed by atoms with van der Waals surface area (Å²) in [6.45, 7) is 0. The molecule has 0 aliphatic heterocycles. The van der Waals surface area contributed by atoms with E-state index in [2.05, 4.69) is 0 Å². The van der Waals surface area contributed by atoms with E-state index in [0.29, 0.717) is 5.76 Å². The van der Waals surface area contributed by atoms with Gasteiger partial charge in [0.2, 0.25) is 0 Å². The Morgan fingerprint density at radius 1 is 0.808 bits per heavy atom. The predicted octanol–water partition coefficient (Wildman–Crippen LogP) is 5.54. The number of ether oxygens (including phenoxy) is 1. The molecule has 1 aromatic heterocycles. The zero-order chi connectivity index (χ0) is 18.4. The van der Waals surface area contributed by atoms with Crippen LogP contribution in [0.5, 0.6) is 5.75 Å². The van der Waals surface area contributed by atoms with Gasteiger partial charge in [-0.05, 0) is 59.7 Å². The summed E-state index contributed by atoms with van der Waals surface area (Å²) < 4.78 is 10.9. The summed E-state index contributed by atoms with van der Waals surface area (Å²) in [7, 11) is 1.64. The predicted molar refractivity (Wildman–Crippen MR) is 103 cm³/mol. The number of nitrogens with zero attached hydrogens (tertiary/aromatic N) is 1. The van der Waals surface area contributed by atoms with Gasteiger partial charge in [-0.3, -0.25) is 10.1 Å². The molecule has 0 amide bonds. The Hall–Kier alpha value is -3.60. The lowest BCUT2D eigenvalue weighted by Gasteiger charge is -1.98. The van der Waals surface area contributed by atoms with Gasteiger partial charge >= 0.3 is 0 Å². The largest absolute Gasteiger partial charge is 0.497 e. The topological polar surface area (TPSA) is 65.5 Å². The molecule has 0 spiro atoms. The number of benzene rings is 2. The SMILES string of the molecule is COc1ccc(/C=C/c2ccc(/C=C/c3ccc([N+](=O)[O-])cc3)o2)cc1. The highest BCUT2D eigenvalue weighted by molar-refractivity contribution is 5.71. The zero-order valence-electron chi connectivity index (χ0n) is 14.2. The van der Waals surface area contributed by atoms with Crippen molar-refractivity contribution in [3.8, 4) is 5.75 Å². The van der Waals surface area contributed by atoms with Crippen molar-refractivity contribution in [2.24, 2.45) is 0 Å². The van der Waals surface area contributed by atoms with Gasteiger partial charge in [-0.15, -0.1) is 0 Å². The van der Waals surface area contributed by atoms with E-state index < -0.39 is 4.92 Å². The summed E-state index contributed by atoms with van der Waals surface area (Å²) in [6.07, 6.45) is 7.53. The molecule has 0 radical (unpaired) electrons. The average Bonchev–Trinajstić information content (AvgIpc) is 3.13. The molecule has 0 N–H and O–H groups in total. The Morgan fingerprint density at radius 2 is 1.31 bits per heavy atom. The molecule has 0 saturated heterocycles. The van der Waals surface area contributed by atoms with E-state index in [1.807, 2.05) is 60.7 Å². The van der Waals surface area contributed by atoms with Crippen LogP contribution in [0, 0.1) is 10.1 Å². The van der Waals surface area contributed by atoms with Gasteiger partial charge in [0.1, 0.15) is 17.3 Å². The summed E-state index contributed by atoms with van der Waals surface area (Å²) in [4.78, 5) is 10.2. The van der Waals surface area contributed by atoms with Crippen LogP contribution in [0.3, 0.4) is 0 Å². The Kier molecular flexibility index (Phi) is 5.29. The maximum absolute atomic E-state index is 10.7. The number of hydrogen-bond donors (Lipinski definition) is 0. The molecule has 0 aliphatic carbocycles. The fourth-order valence-corrected chi connectivity index (χ4v) is 2.33. The monoisotopic (exact) mass is 347 g/mol. The first kappa shape index (κ1) is 17.2. The van der Waals surface area contributed by atoms with Gasteiger partial charge in [0.05, 0.1) is 12.0 Å². The Bertz CT molecular complexity index is 935. The van der Waals surface area contributed by atoms with Crippen LogP contribution in [0.4, 0.5) is 5.69 Å². The quantitative estimate of drug-likeness (QED) is 0.434. The normalized spacial score (nSPS) is 11.3. The van der Waals surface area contributed by atoms with Crippen LogP contribution >= 0.6 is 0 Å². The van der Waals surface area contributed by atoms with Crippen molar-refractivity contribution >= 4 is 30.0 Å². The smallest absolute Gasteiger partial charge is 0.269 e. The number of rotatable bonds is 6. The summed E-state index contributed by atoms with van der Waals surface area (Å²) >= 11 is 0. The maximum Gasteiger partial charge on any atom is 0.269 e. The molecule has 3 rings (SSSR count). The zero-order valence-corrected chi connectivity index (χ0v) is 14.2. The molecule has 1 heterocycles. The second-order valence-corrected chi connectivity index (χ2v) is 5.53. The van der Waals surface area contributed by atoms with Gasteiger partial charge in [0, 0.05) is 12.1 Å². The minimum absolute atomic E-state index is 0.0751. The van der Waals surface area contributed by atoms with Crippen LogP contribution in [0.25, 0.3) is 24.3 Å². The molecule has 130 valence electrons. The first-order valence-electron chi connectivity index (χ1n) is 7.98. The van der Waals surface area contributed by atoms with Crippen molar-refractivity contribution < 1.29 is 14.1 Å². The molecule has 5 nitrogen and oxygen atoms in total. The highest BCUT2D eigenvalue weighted by Crippen LogP contribution is 2.18. The minimum atomic E-state index is -0.415. The van der Waals surface area contributed by atoms with E-state index >= 15 is 0 Å². The Labute approximate surface area is 151 Å². The number of non-ortho nitro benzene ring substituents is 1. The fraction of sp³-hybridized carbons (Fsp3) is 0.0476. The number of methoxy groups -OCH3 is 1. The molecular weight excluding hydrogens is 330 g/mol. The molecular formula is C21H17NO4. The molecule has 26 heavy (non-hydrogen) atoms. The van der Waals surface area contributed by atoms with E-state index in [4.69, 9.17) is 9.15 Å². The summed E-state index contributed by atoms with van der Waals surface area (Å²) in [5, 5.41) is 10.7. The highest BCUT2D eigenvalue weighted by Gasteiger charge is 2.02. The Balaban J connectivity index is 1.65. The minimum Gasteiger partial charge on any atom is -0.497 e. The van der Waals surface area contributed by atoms with E-state index in [1.54, 1.807) is 19.2 Å². The van der Waals surface area contributed by atoms with Crippen LogP contribution in [0.2, 0.25) is 0 Å². The van der Waals surface area contributed by atoms with Gasteiger partial charge < -0.3 is 9.15 Å². The second kappa shape index (κ2) is 7.98. The second-order valence-electron chi connectivity index (χ2n) is 5.53. The molecule has 0 unspecified atom stereocenters. The molecule has 0 bridgehead atoms. The van der Waals surface area contributed by atoms with Gasteiger partial charge in [-0.1, -0.05) is 24.3 Å². The van der Waals surface area contributed by atoms with Crippen molar-refractivity contribution in [2.45, 2.75) is 0 Å². The molecule has 5 heteroatoms. The van der Waals surface area contributed by atoms with E-state index in [-0.39, 0.29) is 5.69 Å². The van der Waals surface area contributed by atoms with Crippen LogP contribution in [0.15, 0.2) is 65.1 Å². The standard InChI is InChI=1S/C21H17NO4/c1-25-19-10-4-17(5-11-19)7-13-21-15-14-20(26-21)12-6-16-2-8-18(9-3-16)22(23)24/h2-15H,1H3/b12-6+,13-7+. The maximum atomic E-state index is 10.7. The molecule has 0 fully saturated rings. The third-order valence-corrected chi connectivity index (χ3v) is 3.75. The summed E-state index contributed by atoms with van der Waals surface area (Å²) in [5.74, 6) is 2.26. The highest BCUT2D eigenvalue weighted by atomic mass is 16.6. The molecule has 2 aromatic carbocycles. The van der Waals surface area contributed by atoms with Gasteiger partial charge in [0.15, 0.2) is 0 Å². The van der Waals surface area contributed by atoms with Crippen molar-refractivity contribution in [3.05, 3.63) is 93.4 Å². The van der Waals surface area contributed by atoms with Crippen LogP contribution in [-0.2, 0) is 0 Å². The lowest BCUT2D eigenvalue weighted by molar-refractivity contribution is -0.384. The third kappa shape index (κ3) is 4.48. The van der Waals surface area contributed by atoms with Crippen molar-refractivity contribution in [1.82, 2.24) is 0 Å². The van der Waals surface area contributed by atoms with Crippen molar-refractivity contribution in [2.75, 3.05) is 7.11 Å².